The van der Waals surface area contributed by atoms with Gasteiger partial charge in [0.25, 0.3) is 0 Å². The molecule has 2 rings (SSSR count). The van der Waals surface area contributed by atoms with Gasteiger partial charge in [-0.05, 0) is 50.4 Å². The molecule has 0 saturated heterocycles. The first-order valence-corrected chi connectivity index (χ1v) is 11.1. The smallest absolute Gasteiger partial charge is 0.220 e. The van der Waals surface area contributed by atoms with Crippen LogP contribution in [0.4, 0.5) is 0 Å². The van der Waals surface area contributed by atoms with Crippen LogP contribution in [0.15, 0.2) is 23.8 Å². The zero-order valence-electron chi connectivity index (χ0n) is 17.4. The van der Waals surface area contributed by atoms with Gasteiger partial charge in [0.1, 0.15) is 0 Å². The van der Waals surface area contributed by atoms with Crippen molar-refractivity contribution in [3.63, 3.8) is 0 Å². The second kappa shape index (κ2) is 12.4. The lowest BCUT2D eigenvalue weighted by atomic mass is 9.90. The molecule has 2 saturated carbocycles. The Morgan fingerprint density at radius 2 is 2.11 bits per heavy atom. The monoisotopic (exact) mass is 393 g/mol. The molecule has 0 spiro atoms. The molecule has 2 aliphatic rings. The first-order chi connectivity index (χ1) is 13.5. The Balaban J connectivity index is 1.76. The summed E-state index contributed by atoms with van der Waals surface area (Å²) in [5.74, 6) is 1.18. The number of fused-ring (bicyclic) bond motifs is 1. The van der Waals surface area contributed by atoms with Gasteiger partial charge in [0.15, 0.2) is 0 Å². The zero-order valence-corrected chi connectivity index (χ0v) is 17.4. The van der Waals surface area contributed by atoms with E-state index in [0.29, 0.717) is 24.8 Å². The van der Waals surface area contributed by atoms with Gasteiger partial charge >= 0.3 is 0 Å². The van der Waals surface area contributed by atoms with Crippen molar-refractivity contribution in [1.29, 1.82) is 0 Å². The van der Waals surface area contributed by atoms with E-state index in [4.69, 9.17) is 5.11 Å². The molecule has 0 heterocycles. The maximum atomic E-state index is 11.5. The summed E-state index contributed by atoms with van der Waals surface area (Å²) in [7, 11) is 0. The van der Waals surface area contributed by atoms with Crippen LogP contribution in [0.5, 0.6) is 0 Å². The number of amides is 1. The van der Waals surface area contributed by atoms with Crippen LogP contribution in [0.25, 0.3) is 0 Å². The largest absolute Gasteiger partial charge is 0.395 e. The third-order valence-electron chi connectivity index (χ3n) is 6.24. The van der Waals surface area contributed by atoms with Gasteiger partial charge in [0.05, 0.1) is 18.8 Å². The fraction of sp³-hybridized carbons (Fsp3) is 0.783. The lowest BCUT2D eigenvalue weighted by Gasteiger charge is -2.17. The average molecular weight is 394 g/mol. The molecule has 0 aromatic rings. The summed E-state index contributed by atoms with van der Waals surface area (Å²) in [6, 6.07) is 0. The van der Waals surface area contributed by atoms with Crippen LogP contribution in [0.1, 0.15) is 71.1 Å². The first kappa shape index (κ1) is 23.1. The van der Waals surface area contributed by atoms with E-state index in [1.807, 2.05) is 6.08 Å². The second-order valence-corrected chi connectivity index (χ2v) is 8.49. The van der Waals surface area contributed by atoms with E-state index in [-0.39, 0.29) is 24.5 Å². The quantitative estimate of drug-likeness (QED) is 0.303. The van der Waals surface area contributed by atoms with Gasteiger partial charge in [-0.25, -0.2) is 0 Å². The number of rotatable bonds is 12. The summed E-state index contributed by atoms with van der Waals surface area (Å²) in [6.07, 6.45) is 14.9. The topological polar surface area (TPSA) is 89.8 Å². The van der Waals surface area contributed by atoms with Crippen LogP contribution in [-0.2, 0) is 4.79 Å². The van der Waals surface area contributed by atoms with Crippen LogP contribution in [-0.4, -0.2) is 46.6 Å². The molecule has 2 fully saturated rings. The highest BCUT2D eigenvalue weighted by Gasteiger charge is 2.44. The van der Waals surface area contributed by atoms with Crippen molar-refractivity contribution in [2.45, 2.75) is 83.3 Å². The fourth-order valence-electron chi connectivity index (χ4n) is 4.75. The Hall–Kier alpha value is -1.17. The van der Waals surface area contributed by atoms with E-state index in [1.165, 1.54) is 5.57 Å². The number of aliphatic hydroxyl groups is 3. The number of hydrogen-bond acceptors (Lipinski definition) is 4. The minimum atomic E-state index is -0.397. The normalized spacial score (nSPS) is 29.5. The van der Waals surface area contributed by atoms with Crippen LogP contribution >= 0.6 is 0 Å². The molecule has 160 valence electrons. The van der Waals surface area contributed by atoms with Crippen molar-refractivity contribution < 1.29 is 20.1 Å². The Kier molecular flexibility index (Phi) is 10.2. The van der Waals surface area contributed by atoms with Gasteiger partial charge in [-0.3, -0.25) is 4.79 Å². The van der Waals surface area contributed by atoms with Gasteiger partial charge < -0.3 is 20.6 Å². The van der Waals surface area contributed by atoms with Gasteiger partial charge in [-0.1, -0.05) is 50.0 Å². The van der Waals surface area contributed by atoms with E-state index in [9.17, 15) is 15.0 Å². The highest BCUT2D eigenvalue weighted by molar-refractivity contribution is 5.75. The summed E-state index contributed by atoms with van der Waals surface area (Å²) >= 11 is 0. The number of carbonyl (C=O) groups is 1. The zero-order chi connectivity index (χ0) is 20.4. The van der Waals surface area contributed by atoms with Crippen molar-refractivity contribution in [3.05, 3.63) is 23.8 Å². The van der Waals surface area contributed by atoms with Gasteiger partial charge in [-0.15, -0.1) is 0 Å². The molecule has 1 amide bonds. The van der Waals surface area contributed by atoms with Crippen molar-refractivity contribution >= 4 is 5.91 Å². The highest BCUT2D eigenvalue weighted by Crippen LogP contribution is 2.50. The first-order valence-electron chi connectivity index (χ1n) is 11.1. The second-order valence-electron chi connectivity index (χ2n) is 8.49. The minimum Gasteiger partial charge on any atom is -0.395 e. The number of aliphatic hydroxyl groups excluding tert-OH is 3. The maximum absolute atomic E-state index is 11.5. The third kappa shape index (κ3) is 7.34. The maximum Gasteiger partial charge on any atom is 0.220 e. The SMILES string of the molecule is CCCCC[C@H](O)/C=C/[C@@H]1[C@H]2C/C(=C/CCCC(=O)NCCO)C[C@H]2C[C@H]1O. The van der Waals surface area contributed by atoms with E-state index in [0.717, 1.165) is 57.8 Å². The molecular weight excluding hydrogens is 354 g/mol. The lowest BCUT2D eigenvalue weighted by Crippen LogP contribution is -2.25. The predicted molar refractivity (Wildman–Crippen MR) is 112 cm³/mol. The predicted octanol–water partition coefficient (Wildman–Crippen LogP) is 3.10. The van der Waals surface area contributed by atoms with Crippen molar-refractivity contribution in [2.75, 3.05) is 13.2 Å². The molecule has 0 bridgehead atoms. The summed E-state index contributed by atoms with van der Waals surface area (Å²) < 4.78 is 0. The Labute approximate surface area is 169 Å². The molecule has 0 aliphatic heterocycles. The van der Waals surface area contributed by atoms with Crippen LogP contribution in [0.2, 0.25) is 0 Å². The molecule has 5 heteroatoms. The molecule has 2 aliphatic carbocycles. The van der Waals surface area contributed by atoms with Crippen LogP contribution < -0.4 is 5.32 Å². The lowest BCUT2D eigenvalue weighted by molar-refractivity contribution is -0.121. The highest BCUT2D eigenvalue weighted by atomic mass is 16.3. The van der Waals surface area contributed by atoms with Gasteiger partial charge in [-0.2, -0.15) is 0 Å². The fourth-order valence-corrected chi connectivity index (χ4v) is 4.75. The number of allylic oxidation sites excluding steroid dienone is 2. The van der Waals surface area contributed by atoms with Crippen LogP contribution in [0, 0.1) is 17.8 Å². The molecule has 4 N–H and O–H groups in total. The van der Waals surface area contributed by atoms with Crippen molar-refractivity contribution in [2.24, 2.45) is 17.8 Å². The molecule has 5 nitrogen and oxygen atoms in total. The van der Waals surface area contributed by atoms with E-state index in [1.54, 1.807) is 0 Å². The molecule has 0 unspecified atom stereocenters. The molecule has 28 heavy (non-hydrogen) atoms. The molecule has 0 aromatic heterocycles. The van der Waals surface area contributed by atoms with Crippen LogP contribution in [0.3, 0.4) is 0 Å². The molecule has 0 aromatic carbocycles. The molecule has 5 atom stereocenters. The summed E-state index contributed by atoms with van der Waals surface area (Å²) in [4.78, 5) is 11.5. The number of hydrogen-bond donors (Lipinski definition) is 4. The van der Waals surface area contributed by atoms with E-state index >= 15 is 0 Å². The summed E-state index contributed by atoms with van der Waals surface area (Å²) in [5.41, 5.74) is 1.46. The van der Waals surface area contributed by atoms with Crippen molar-refractivity contribution in [3.8, 4) is 0 Å². The number of unbranched alkanes of at least 4 members (excludes halogenated alkanes) is 3. The average Bonchev–Trinajstić information content (AvgIpc) is 3.18. The Morgan fingerprint density at radius 3 is 2.86 bits per heavy atom. The third-order valence-corrected chi connectivity index (χ3v) is 6.24. The Morgan fingerprint density at radius 1 is 1.29 bits per heavy atom. The summed E-state index contributed by atoms with van der Waals surface area (Å²) in [6.45, 7) is 2.47. The summed E-state index contributed by atoms with van der Waals surface area (Å²) in [5, 5.41) is 32.0. The van der Waals surface area contributed by atoms with Gasteiger partial charge in [0.2, 0.25) is 5.91 Å². The minimum absolute atomic E-state index is 0.00144. The number of carbonyl (C=O) groups excluding carboxylic acids is 1. The number of nitrogens with one attached hydrogen (secondary N) is 1. The van der Waals surface area contributed by atoms with Crippen molar-refractivity contribution in [1.82, 2.24) is 5.32 Å². The molecule has 0 radical (unpaired) electrons. The standard InChI is InChI=1S/C23H39NO4/c1-2-3-4-8-19(26)10-11-20-21-15-17(14-18(21)16-22(20)27)7-5-6-9-23(28)24-12-13-25/h7,10-11,18-22,25-27H,2-6,8-9,12-16H2,1H3,(H,24,28)/b11-10+,17-7+/t18-,19-,20+,21-,22+/m0/s1. The molecular formula is C23H39NO4. The van der Waals surface area contributed by atoms with Gasteiger partial charge in [0, 0.05) is 18.9 Å². The van der Waals surface area contributed by atoms with E-state index < -0.39 is 6.10 Å². The Bertz CT molecular complexity index is 531. The van der Waals surface area contributed by atoms with E-state index in [2.05, 4.69) is 24.4 Å².